The summed E-state index contributed by atoms with van der Waals surface area (Å²) in [6.07, 6.45) is 36.8. The summed E-state index contributed by atoms with van der Waals surface area (Å²) in [7, 11) is 0. The third kappa shape index (κ3) is 12.1. The number of hydrogen-bond donors (Lipinski definition) is 1. The Morgan fingerprint density at radius 2 is 0.935 bits per heavy atom. The first-order valence-corrected chi connectivity index (χ1v) is 15.0. The van der Waals surface area contributed by atoms with Crippen LogP contribution in [0.4, 0.5) is 0 Å². The van der Waals surface area contributed by atoms with Gasteiger partial charge < -0.3 is 5.32 Å². The Labute approximate surface area is 197 Å². The fourth-order valence-electron chi connectivity index (χ4n) is 6.54. The molecule has 1 nitrogen and oxygen atoms in total. The summed E-state index contributed by atoms with van der Waals surface area (Å²) in [5.41, 5.74) is 0.706. The van der Waals surface area contributed by atoms with Crippen LogP contribution in [0.3, 0.4) is 0 Å². The summed E-state index contributed by atoms with van der Waals surface area (Å²) in [6, 6.07) is 1.68. The molecule has 0 aromatic heterocycles. The van der Waals surface area contributed by atoms with Gasteiger partial charge in [0.15, 0.2) is 0 Å². The second kappa shape index (κ2) is 17.4. The van der Waals surface area contributed by atoms with E-state index in [0.29, 0.717) is 5.41 Å². The van der Waals surface area contributed by atoms with E-state index >= 15 is 0 Å². The normalized spacial score (nSPS) is 20.3. The van der Waals surface area contributed by atoms with Crippen LogP contribution in [0.5, 0.6) is 0 Å². The fourth-order valence-corrected chi connectivity index (χ4v) is 6.54. The Hall–Kier alpha value is -0.0400. The van der Waals surface area contributed by atoms with Gasteiger partial charge in [0, 0.05) is 12.1 Å². The maximum absolute atomic E-state index is 4.09. The van der Waals surface area contributed by atoms with Crippen LogP contribution in [0.25, 0.3) is 0 Å². The van der Waals surface area contributed by atoms with E-state index in [0.717, 1.165) is 12.1 Å². The lowest BCUT2D eigenvalue weighted by Crippen LogP contribution is -2.43. The van der Waals surface area contributed by atoms with Crippen LogP contribution in [-0.2, 0) is 0 Å². The van der Waals surface area contributed by atoms with Crippen molar-refractivity contribution in [2.24, 2.45) is 5.41 Å². The van der Waals surface area contributed by atoms with Gasteiger partial charge in [0.1, 0.15) is 0 Å². The average molecular weight is 434 g/mol. The van der Waals surface area contributed by atoms with Gasteiger partial charge in [0.2, 0.25) is 0 Å². The van der Waals surface area contributed by atoms with Crippen LogP contribution in [-0.4, -0.2) is 12.1 Å². The minimum atomic E-state index is 0.706. The number of unbranched alkanes of at least 4 members (excludes halogenated alkanes) is 12. The Morgan fingerprint density at radius 3 is 1.42 bits per heavy atom. The molecule has 0 saturated heterocycles. The van der Waals surface area contributed by atoms with Crippen LogP contribution in [0.2, 0.25) is 0 Å². The van der Waals surface area contributed by atoms with Crippen molar-refractivity contribution in [2.75, 3.05) is 0 Å². The highest BCUT2D eigenvalue weighted by Gasteiger charge is 2.34. The third-order valence-electron chi connectivity index (χ3n) is 8.74. The van der Waals surface area contributed by atoms with E-state index < -0.39 is 0 Å². The second-order valence-electron chi connectivity index (χ2n) is 11.5. The lowest BCUT2D eigenvalue weighted by molar-refractivity contribution is 0.120. The average Bonchev–Trinajstić information content (AvgIpc) is 2.80. The van der Waals surface area contributed by atoms with Gasteiger partial charge in [0.05, 0.1) is 0 Å². The zero-order chi connectivity index (χ0) is 22.0. The summed E-state index contributed by atoms with van der Waals surface area (Å²) in [5, 5.41) is 4.09. The van der Waals surface area contributed by atoms with Crippen LogP contribution < -0.4 is 5.32 Å². The number of rotatable bonds is 18. The second-order valence-corrected chi connectivity index (χ2v) is 11.5. The summed E-state index contributed by atoms with van der Waals surface area (Å²) < 4.78 is 0. The highest BCUT2D eigenvalue weighted by Crippen LogP contribution is 2.45. The van der Waals surface area contributed by atoms with Crippen molar-refractivity contribution < 1.29 is 0 Å². The topological polar surface area (TPSA) is 12.0 Å². The van der Waals surface area contributed by atoms with Crippen molar-refractivity contribution >= 4 is 0 Å². The highest BCUT2D eigenvalue weighted by molar-refractivity contribution is 4.90. The van der Waals surface area contributed by atoms with Crippen LogP contribution >= 0.6 is 0 Å². The first kappa shape index (κ1) is 27.2. The Morgan fingerprint density at radius 1 is 0.516 bits per heavy atom. The SMILES string of the molecule is CCCCCCCCCC1(CCCCCCCCC)CCC(NC2CCCCC2)CC1. The van der Waals surface area contributed by atoms with Crippen LogP contribution in [0.15, 0.2) is 0 Å². The molecule has 1 heteroatoms. The van der Waals surface area contributed by atoms with Crippen LogP contribution in [0.1, 0.15) is 174 Å². The molecule has 0 radical (unpaired) electrons. The van der Waals surface area contributed by atoms with E-state index in [1.165, 1.54) is 161 Å². The molecule has 0 heterocycles. The molecule has 2 saturated carbocycles. The summed E-state index contributed by atoms with van der Waals surface area (Å²) in [5.74, 6) is 0. The largest absolute Gasteiger partial charge is 0.311 e. The molecule has 0 aromatic carbocycles. The predicted molar refractivity (Wildman–Crippen MR) is 140 cm³/mol. The van der Waals surface area contributed by atoms with E-state index in [1.807, 2.05) is 0 Å². The van der Waals surface area contributed by atoms with Gasteiger partial charge in [-0.05, 0) is 56.8 Å². The van der Waals surface area contributed by atoms with Gasteiger partial charge in [-0.15, -0.1) is 0 Å². The molecule has 31 heavy (non-hydrogen) atoms. The molecule has 0 unspecified atom stereocenters. The quantitative estimate of drug-likeness (QED) is 0.212. The zero-order valence-corrected chi connectivity index (χ0v) is 21.8. The molecule has 0 aromatic rings. The Bertz CT molecular complexity index is 369. The highest BCUT2D eigenvalue weighted by atomic mass is 15.0. The lowest BCUT2D eigenvalue weighted by atomic mass is 9.66. The summed E-state index contributed by atoms with van der Waals surface area (Å²) in [6.45, 7) is 4.65. The molecule has 0 bridgehead atoms. The van der Waals surface area contributed by atoms with Gasteiger partial charge in [-0.25, -0.2) is 0 Å². The maximum atomic E-state index is 4.09. The van der Waals surface area contributed by atoms with E-state index in [4.69, 9.17) is 0 Å². The van der Waals surface area contributed by atoms with Crippen molar-refractivity contribution in [1.82, 2.24) is 5.32 Å². The monoisotopic (exact) mass is 433 g/mol. The molecule has 2 rings (SSSR count). The van der Waals surface area contributed by atoms with Gasteiger partial charge in [-0.3, -0.25) is 0 Å². The molecule has 0 aliphatic heterocycles. The third-order valence-corrected chi connectivity index (χ3v) is 8.74. The molecule has 0 amide bonds. The van der Waals surface area contributed by atoms with Crippen molar-refractivity contribution in [2.45, 2.75) is 186 Å². The lowest BCUT2D eigenvalue weighted by Gasteiger charge is -2.42. The molecular formula is C30H59N. The first-order chi connectivity index (χ1) is 15.3. The summed E-state index contributed by atoms with van der Waals surface area (Å²) in [4.78, 5) is 0. The van der Waals surface area contributed by atoms with E-state index in [2.05, 4.69) is 19.2 Å². The fraction of sp³-hybridized carbons (Fsp3) is 1.00. The first-order valence-electron chi connectivity index (χ1n) is 15.0. The molecule has 184 valence electrons. The molecule has 1 N–H and O–H groups in total. The smallest absolute Gasteiger partial charge is 0.00700 e. The van der Waals surface area contributed by atoms with Crippen molar-refractivity contribution in [3.05, 3.63) is 0 Å². The molecule has 2 aliphatic carbocycles. The van der Waals surface area contributed by atoms with Crippen LogP contribution in [0, 0.1) is 5.41 Å². The minimum absolute atomic E-state index is 0.706. The molecule has 0 spiro atoms. The molecule has 2 fully saturated rings. The maximum Gasteiger partial charge on any atom is 0.00700 e. The number of hydrogen-bond acceptors (Lipinski definition) is 1. The standard InChI is InChI=1S/C30H59N/c1-3-5-7-9-11-13-18-24-30(25-19-14-12-10-8-6-4-2)26-22-29(23-27-30)31-28-20-16-15-17-21-28/h28-29,31H,3-27H2,1-2H3. The summed E-state index contributed by atoms with van der Waals surface area (Å²) >= 11 is 0. The Balaban J connectivity index is 1.69. The van der Waals surface area contributed by atoms with Gasteiger partial charge in [-0.2, -0.15) is 0 Å². The van der Waals surface area contributed by atoms with E-state index in [9.17, 15) is 0 Å². The van der Waals surface area contributed by atoms with Gasteiger partial charge in [0.25, 0.3) is 0 Å². The number of nitrogens with one attached hydrogen (secondary N) is 1. The predicted octanol–water partition coefficient (Wildman–Crippen LogP) is 10.1. The molecule has 0 atom stereocenters. The van der Waals surface area contributed by atoms with Gasteiger partial charge >= 0.3 is 0 Å². The minimum Gasteiger partial charge on any atom is -0.311 e. The van der Waals surface area contributed by atoms with E-state index in [1.54, 1.807) is 0 Å². The zero-order valence-electron chi connectivity index (χ0n) is 21.8. The van der Waals surface area contributed by atoms with Gasteiger partial charge in [-0.1, -0.05) is 123 Å². The van der Waals surface area contributed by atoms with E-state index in [-0.39, 0.29) is 0 Å². The van der Waals surface area contributed by atoms with Crippen molar-refractivity contribution in [3.63, 3.8) is 0 Å². The molecule has 2 aliphatic rings. The Kier molecular flexibility index (Phi) is 15.3. The molecular weight excluding hydrogens is 374 g/mol. The van der Waals surface area contributed by atoms with Crippen molar-refractivity contribution in [3.8, 4) is 0 Å². The van der Waals surface area contributed by atoms with Crippen molar-refractivity contribution in [1.29, 1.82) is 0 Å².